The molecule has 0 radical (unpaired) electrons. The largest absolute Gasteiger partial charge is 0.325 e. The topological polar surface area (TPSA) is 26.3 Å². The van der Waals surface area contributed by atoms with Gasteiger partial charge in [-0.2, -0.15) is 0 Å². The van der Waals surface area contributed by atoms with Crippen LogP contribution in [0, 0.1) is 0 Å². The highest BCUT2D eigenvalue weighted by Gasteiger charge is 2.49. The lowest BCUT2D eigenvalue weighted by Gasteiger charge is -2.46. The summed E-state index contributed by atoms with van der Waals surface area (Å²) in [7, 11) is -3.32. The van der Waals surface area contributed by atoms with Gasteiger partial charge in [-0.15, -0.1) is 0 Å². The molecule has 0 bridgehead atoms. The minimum absolute atomic E-state index is 0.0413. The molecule has 0 fully saturated rings. The summed E-state index contributed by atoms with van der Waals surface area (Å²) in [6.07, 6.45) is 2.08. The fourth-order valence-corrected chi connectivity index (χ4v) is 14.6. The molecule has 0 aliphatic carbocycles. The van der Waals surface area contributed by atoms with Gasteiger partial charge >= 0.3 is 0 Å². The summed E-state index contributed by atoms with van der Waals surface area (Å²) in [4.78, 5) is 0. The van der Waals surface area contributed by atoms with Crippen LogP contribution >= 0.6 is 14.7 Å². The van der Waals surface area contributed by atoms with E-state index >= 15 is 0 Å². The van der Waals surface area contributed by atoms with Crippen molar-refractivity contribution in [3.8, 4) is 0 Å². The molecule has 0 saturated heterocycles. The molecule has 19 heavy (non-hydrogen) atoms. The maximum Gasteiger partial charge on any atom is 0.225 e. The average Bonchev–Trinajstić information content (AvgIpc) is 2.12. The Bertz CT molecular complexity index is 297. The Hall–Kier alpha value is 0.620. The van der Waals surface area contributed by atoms with Crippen molar-refractivity contribution < 1.29 is 9.09 Å². The summed E-state index contributed by atoms with van der Waals surface area (Å²) in [5.41, 5.74) is 0.105. The molecule has 0 aliphatic rings. The molecule has 0 rings (SSSR count). The lowest BCUT2D eigenvalue weighted by Crippen LogP contribution is -2.27. The van der Waals surface area contributed by atoms with Crippen LogP contribution in [0.15, 0.2) is 0 Å². The van der Waals surface area contributed by atoms with Crippen molar-refractivity contribution in [3.63, 3.8) is 0 Å². The van der Waals surface area contributed by atoms with Gasteiger partial charge in [0, 0.05) is 5.66 Å². The van der Waals surface area contributed by atoms with Crippen molar-refractivity contribution >= 4 is 14.7 Å². The zero-order chi connectivity index (χ0) is 15.5. The second kappa shape index (κ2) is 7.06. The molecule has 0 N–H and O–H groups in total. The second-order valence-electron chi connectivity index (χ2n) is 7.50. The Morgan fingerprint density at radius 2 is 1.47 bits per heavy atom. The molecule has 1 atom stereocenters. The highest BCUT2D eigenvalue weighted by atomic mass is 32.1. The molecule has 4 heteroatoms. The highest BCUT2D eigenvalue weighted by Crippen LogP contribution is 2.87. The average molecular weight is 308 g/mol. The normalized spacial score (nSPS) is 17.0. The molecule has 2 nitrogen and oxygen atoms in total. The van der Waals surface area contributed by atoms with E-state index in [-0.39, 0.29) is 16.0 Å². The van der Waals surface area contributed by atoms with E-state index in [1.165, 1.54) is 0 Å². The minimum Gasteiger partial charge on any atom is -0.325 e. The molecule has 0 saturated carbocycles. The van der Waals surface area contributed by atoms with Gasteiger partial charge in [-0.3, -0.25) is 4.57 Å². The SMILES string of the molecule is CCCCOP(=O)(C(C)C)P(C(C)(C)C)C(C)(C)C. The van der Waals surface area contributed by atoms with Crippen LogP contribution in [0.3, 0.4) is 0 Å². The van der Waals surface area contributed by atoms with Crippen molar-refractivity contribution in [1.82, 2.24) is 0 Å². The zero-order valence-corrected chi connectivity index (χ0v) is 16.2. The van der Waals surface area contributed by atoms with Crippen LogP contribution < -0.4 is 0 Å². The number of rotatable bonds is 6. The number of unbranched alkanes of at least 4 members (excludes halogenated alkanes) is 1. The Balaban J connectivity index is 5.48. The molecule has 0 spiro atoms. The van der Waals surface area contributed by atoms with E-state index < -0.39 is 14.7 Å². The van der Waals surface area contributed by atoms with Crippen molar-refractivity contribution in [2.24, 2.45) is 0 Å². The molecule has 1 unspecified atom stereocenters. The third-order valence-electron chi connectivity index (χ3n) is 2.98. The summed E-state index contributed by atoms with van der Waals surface area (Å²) >= 11 is 0. The summed E-state index contributed by atoms with van der Waals surface area (Å²) in [5.74, 6) is 0. The van der Waals surface area contributed by atoms with Crippen LogP contribution in [0.25, 0.3) is 0 Å². The van der Waals surface area contributed by atoms with Gasteiger partial charge in [0.15, 0.2) is 0 Å². The van der Waals surface area contributed by atoms with Gasteiger partial charge in [0.25, 0.3) is 0 Å². The maximum atomic E-state index is 13.6. The molecular formula is C15H34O2P2. The number of hydrogen-bond donors (Lipinski definition) is 0. The summed E-state index contributed by atoms with van der Waals surface area (Å²) in [6.45, 7) is 20.1. The first-order valence-corrected chi connectivity index (χ1v) is 11.2. The highest BCUT2D eigenvalue weighted by molar-refractivity contribution is 8.32. The fourth-order valence-electron chi connectivity index (χ4n) is 2.62. The van der Waals surface area contributed by atoms with Gasteiger partial charge in [0.1, 0.15) is 0 Å². The smallest absolute Gasteiger partial charge is 0.225 e. The predicted octanol–water partition coefficient (Wildman–Crippen LogP) is 6.48. The third-order valence-corrected chi connectivity index (χ3v) is 14.9. The molecule has 116 valence electrons. The molecule has 0 amide bonds. The quantitative estimate of drug-likeness (QED) is 0.414. The minimum atomic E-state index is -2.61. The van der Waals surface area contributed by atoms with Crippen LogP contribution in [-0.4, -0.2) is 22.6 Å². The van der Waals surface area contributed by atoms with E-state index in [9.17, 15) is 4.57 Å². The first kappa shape index (κ1) is 19.6. The van der Waals surface area contributed by atoms with Crippen molar-refractivity contribution in [3.05, 3.63) is 0 Å². The Morgan fingerprint density at radius 3 is 1.74 bits per heavy atom. The monoisotopic (exact) mass is 308 g/mol. The molecule has 0 aliphatic heterocycles. The van der Waals surface area contributed by atoms with Crippen LogP contribution in [0.5, 0.6) is 0 Å². The van der Waals surface area contributed by atoms with E-state index in [2.05, 4.69) is 62.3 Å². The maximum absolute atomic E-state index is 13.6. The van der Waals surface area contributed by atoms with Gasteiger partial charge in [0.2, 0.25) is 7.06 Å². The Labute approximate surface area is 122 Å². The standard InChI is InChI=1S/C15H34O2P2/c1-10-11-12-17-19(16,13(2)3)18(14(4,5)6)15(7,8)9/h13H,10-12H2,1-9H3. The van der Waals surface area contributed by atoms with Crippen LogP contribution in [0.4, 0.5) is 0 Å². The van der Waals surface area contributed by atoms with E-state index in [0.29, 0.717) is 6.61 Å². The van der Waals surface area contributed by atoms with Crippen LogP contribution in [0.1, 0.15) is 75.2 Å². The zero-order valence-electron chi connectivity index (χ0n) is 14.4. The first-order chi connectivity index (χ1) is 8.37. The van der Waals surface area contributed by atoms with Crippen molar-refractivity contribution in [2.45, 2.75) is 91.1 Å². The number of hydrogen-bond acceptors (Lipinski definition) is 2. The predicted molar refractivity (Wildman–Crippen MR) is 90.0 cm³/mol. The van der Waals surface area contributed by atoms with E-state index in [1.54, 1.807) is 0 Å². The van der Waals surface area contributed by atoms with Gasteiger partial charge in [0.05, 0.1) is 6.61 Å². The summed E-state index contributed by atoms with van der Waals surface area (Å²) in [6, 6.07) is 0. The van der Waals surface area contributed by atoms with Gasteiger partial charge in [-0.25, -0.2) is 0 Å². The van der Waals surface area contributed by atoms with Crippen LogP contribution in [-0.2, 0) is 9.09 Å². The summed E-state index contributed by atoms with van der Waals surface area (Å²) in [5, 5.41) is 0.0825. The van der Waals surface area contributed by atoms with Gasteiger partial charge in [-0.05, 0) is 24.3 Å². The fraction of sp³-hybridized carbons (Fsp3) is 1.00. The van der Waals surface area contributed by atoms with E-state index in [0.717, 1.165) is 12.8 Å². The lowest BCUT2D eigenvalue weighted by atomic mass is 10.2. The lowest BCUT2D eigenvalue weighted by molar-refractivity contribution is 0.311. The van der Waals surface area contributed by atoms with Crippen molar-refractivity contribution in [2.75, 3.05) is 6.61 Å². The molecule has 0 heterocycles. The Kier molecular flexibility index (Phi) is 7.29. The van der Waals surface area contributed by atoms with E-state index in [1.807, 2.05) is 0 Å². The first-order valence-electron chi connectivity index (χ1n) is 7.42. The third kappa shape index (κ3) is 5.49. The van der Waals surface area contributed by atoms with Gasteiger partial charge in [-0.1, -0.05) is 68.7 Å². The molecule has 0 aromatic carbocycles. The van der Waals surface area contributed by atoms with Crippen LogP contribution in [0.2, 0.25) is 0 Å². The van der Waals surface area contributed by atoms with Crippen molar-refractivity contribution in [1.29, 1.82) is 0 Å². The molecular weight excluding hydrogens is 274 g/mol. The van der Waals surface area contributed by atoms with Gasteiger partial charge < -0.3 is 4.52 Å². The molecule has 0 aromatic rings. The summed E-state index contributed by atoms with van der Waals surface area (Å²) < 4.78 is 19.6. The van der Waals surface area contributed by atoms with E-state index in [4.69, 9.17) is 4.52 Å². The Morgan fingerprint density at radius 1 is 1.05 bits per heavy atom. The second-order valence-corrected chi connectivity index (χ2v) is 16.1. The molecule has 0 aromatic heterocycles.